The largest absolute Gasteiger partial charge is 0.497 e. The van der Waals surface area contributed by atoms with Crippen molar-refractivity contribution >= 4 is 17.7 Å². The normalized spacial score (nSPS) is 22.2. The predicted octanol–water partition coefficient (Wildman–Crippen LogP) is 2.14. The number of carboxylic acids is 1. The Kier molecular flexibility index (Phi) is 5.43. The summed E-state index contributed by atoms with van der Waals surface area (Å²) in [7, 11) is 1.58. The van der Waals surface area contributed by atoms with Gasteiger partial charge in [0.05, 0.1) is 13.7 Å². The Balaban J connectivity index is 1.43. The number of hydrogen-bond donors (Lipinski definition) is 3. The van der Waals surface area contributed by atoms with E-state index in [4.69, 9.17) is 9.84 Å². The third-order valence-electron chi connectivity index (χ3n) is 4.82. The zero-order chi connectivity index (χ0) is 17.8. The lowest BCUT2D eigenvalue weighted by atomic mass is 9.85. The predicted molar refractivity (Wildman–Crippen MR) is 93.9 cm³/mol. The standard InChI is InChI=1S/C18H25N3O4/c1-25-16-4-2-3-13(9-16)19-18(24)20-14-7-15(8-14)21(11-17(22)23)10-12-5-6-12/h2-4,9,12,14-15H,5-8,10-11H2,1H3,(H,22,23)(H2,19,20,24). The Morgan fingerprint density at radius 1 is 1.32 bits per heavy atom. The van der Waals surface area contributed by atoms with E-state index < -0.39 is 5.97 Å². The van der Waals surface area contributed by atoms with Gasteiger partial charge in [-0.15, -0.1) is 0 Å². The maximum absolute atomic E-state index is 12.1. The lowest BCUT2D eigenvalue weighted by molar-refractivity contribution is -0.139. The minimum absolute atomic E-state index is 0.0872. The summed E-state index contributed by atoms with van der Waals surface area (Å²) in [5.41, 5.74) is 0.675. The van der Waals surface area contributed by atoms with Crippen molar-refractivity contribution in [2.24, 2.45) is 5.92 Å². The maximum atomic E-state index is 12.1. The first-order valence-corrected chi connectivity index (χ1v) is 8.71. The van der Waals surface area contributed by atoms with Crippen molar-refractivity contribution in [2.45, 2.75) is 37.8 Å². The van der Waals surface area contributed by atoms with E-state index >= 15 is 0 Å². The highest BCUT2D eigenvalue weighted by molar-refractivity contribution is 5.89. The van der Waals surface area contributed by atoms with E-state index in [1.165, 1.54) is 12.8 Å². The fourth-order valence-corrected chi connectivity index (χ4v) is 3.21. The number of anilines is 1. The number of carbonyl (C=O) groups is 2. The smallest absolute Gasteiger partial charge is 0.319 e. The van der Waals surface area contributed by atoms with Crippen LogP contribution >= 0.6 is 0 Å². The van der Waals surface area contributed by atoms with E-state index in [-0.39, 0.29) is 24.7 Å². The molecule has 7 heteroatoms. The summed E-state index contributed by atoms with van der Waals surface area (Å²) < 4.78 is 5.13. The molecule has 3 rings (SSSR count). The molecule has 2 saturated carbocycles. The molecule has 3 N–H and O–H groups in total. The molecule has 0 atom stereocenters. The third kappa shape index (κ3) is 5.09. The van der Waals surface area contributed by atoms with Crippen molar-refractivity contribution in [3.05, 3.63) is 24.3 Å². The Bertz CT molecular complexity index is 627. The summed E-state index contributed by atoms with van der Waals surface area (Å²) in [5, 5.41) is 14.8. The highest BCUT2D eigenvalue weighted by atomic mass is 16.5. The molecular formula is C18H25N3O4. The number of aliphatic carboxylic acids is 1. The van der Waals surface area contributed by atoms with E-state index in [9.17, 15) is 9.59 Å². The van der Waals surface area contributed by atoms with Crippen LogP contribution in [0.1, 0.15) is 25.7 Å². The van der Waals surface area contributed by atoms with E-state index in [1.54, 1.807) is 19.2 Å². The molecule has 2 aliphatic rings. The van der Waals surface area contributed by atoms with Crippen LogP contribution in [0.3, 0.4) is 0 Å². The van der Waals surface area contributed by atoms with Crippen molar-refractivity contribution in [1.29, 1.82) is 0 Å². The maximum Gasteiger partial charge on any atom is 0.319 e. The van der Waals surface area contributed by atoms with Crippen LogP contribution in [0.4, 0.5) is 10.5 Å². The van der Waals surface area contributed by atoms with Gasteiger partial charge in [0.2, 0.25) is 0 Å². The van der Waals surface area contributed by atoms with Gasteiger partial charge in [0.25, 0.3) is 0 Å². The molecule has 1 aromatic carbocycles. The first-order chi connectivity index (χ1) is 12.0. The second-order valence-electron chi connectivity index (χ2n) is 6.92. The van der Waals surface area contributed by atoms with Crippen LogP contribution in [0.5, 0.6) is 5.75 Å². The number of benzene rings is 1. The fourth-order valence-electron chi connectivity index (χ4n) is 3.21. The minimum Gasteiger partial charge on any atom is -0.497 e. The Morgan fingerprint density at radius 2 is 2.08 bits per heavy atom. The zero-order valence-electron chi connectivity index (χ0n) is 14.4. The third-order valence-corrected chi connectivity index (χ3v) is 4.82. The van der Waals surface area contributed by atoms with Crippen LogP contribution < -0.4 is 15.4 Å². The van der Waals surface area contributed by atoms with E-state index in [2.05, 4.69) is 15.5 Å². The van der Waals surface area contributed by atoms with Gasteiger partial charge in [0.1, 0.15) is 5.75 Å². The number of urea groups is 1. The van der Waals surface area contributed by atoms with Crippen molar-refractivity contribution in [1.82, 2.24) is 10.2 Å². The molecule has 0 unspecified atom stereocenters. The summed E-state index contributed by atoms with van der Waals surface area (Å²) in [5.74, 6) is 0.557. The van der Waals surface area contributed by atoms with E-state index in [1.807, 2.05) is 12.1 Å². The lowest BCUT2D eigenvalue weighted by Crippen LogP contribution is -2.55. The Labute approximate surface area is 147 Å². The molecule has 2 aliphatic carbocycles. The molecule has 0 heterocycles. The highest BCUT2D eigenvalue weighted by Crippen LogP contribution is 2.33. The first-order valence-electron chi connectivity index (χ1n) is 8.71. The van der Waals surface area contributed by atoms with Crippen LogP contribution in [-0.4, -0.2) is 54.3 Å². The first kappa shape index (κ1) is 17.5. The van der Waals surface area contributed by atoms with Crippen LogP contribution in [0, 0.1) is 5.92 Å². The number of rotatable bonds is 8. The van der Waals surface area contributed by atoms with Gasteiger partial charge in [0, 0.05) is 30.4 Å². The van der Waals surface area contributed by atoms with Gasteiger partial charge in [0.15, 0.2) is 0 Å². The molecule has 0 saturated heterocycles. The van der Waals surface area contributed by atoms with Gasteiger partial charge in [-0.2, -0.15) is 0 Å². The average Bonchev–Trinajstić information content (AvgIpc) is 3.33. The molecular weight excluding hydrogens is 322 g/mol. The van der Waals surface area contributed by atoms with E-state index in [0.717, 1.165) is 19.4 Å². The summed E-state index contributed by atoms with van der Waals surface area (Å²) >= 11 is 0. The molecule has 0 aromatic heterocycles. The van der Waals surface area contributed by atoms with Gasteiger partial charge < -0.3 is 20.5 Å². The van der Waals surface area contributed by atoms with Crippen LogP contribution in [0.2, 0.25) is 0 Å². The van der Waals surface area contributed by atoms with Crippen LogP contribution in [0.15, 0.2) is 24.3 Å². The molecule has 25 heavy (non-hydrogen) atoms. The minimum atomic E-state index is -0.784. The number of nitrogens with one attached hydrogen (secondary N) is 2. The van der Waals surface area contributed by atoms with Gasteiger partial charge in [-0.3, -0.25) is 9.69 Å². The monoisotopic (exact) mass is 347 g/mol. The molecule has 2 amide bonds. The van der Waals surface area contributed by atoms with Crippen LogP contribution in [-0.2, 0) is 4.79 Å². The Hall–Kier alpha value is -2.28. The summed E-state index contributed by atoms with van der Waals surface area (Å²) in [4.78, 5) is 25.2. The number of methoxy groups -OCH3 is 1. The number of carbonyl (C=O) groups excluding carboxylic acids is 1. The summed E-state index contributed by atoms with van der Waals surface area (Å²) in [6.07, 6.45) is 4.00. The molecule has 2 fully saturated rings. The second kappa shape index (κ2) is 7.74. The molecule has 136 valence electrons. The summed E-state index contributed by atoms with van der Waals surface area (Å²) in [6.45, 7) is 0.948. The number of amides is 2. The van der Waals surface area contributed by atoms with Gasteiger partial charge in [-0.25, -0.2) is 4.79 Å². The number of nitrogens with zero attached hydrogens (tertiary/aromatic N) is 1. The molecule has 7 nitrogen and oxygen atoms in total. The van der Waals surface area contributed by atoms with Gasteiger partial charge in [-0.1, -0.05) is 6.07 Å². The Morgan fingerprint density at radius 3 is 2.72 bits per heavy atom. The van der Waals surface area contributed by atoms with Crippen LogP contribution in [0.25, 0.3) is 0 Å². The SMILES string of the molecule is COc1cccc(NC(=O)NC2CC(N(CC(=O)O)CC3CC3)C2)c1. The average molecular weight is 347 g/mol. The molecule has 0 spiro atoms. The summed E-state index contributed by atoms with van der Waals surface area (Å²) in [6, 6.07) is 7.28. The highest BCUT2D eigenvalue weighted by Gasteiger charge is 2.37. The molecule has 0 bridgehead atoms. The van der Waals surface area contributed by atoms with Crippen molar-refractivity contribution in [3.8, 4) is 5.75 Å². The lowest BCUT2D eigenvalue weighted by Gasteiger charge is -2.42. The van der Waals surface area contributed by atoms with Gasteiger partial charge in [-0.05, 0) is 43.7 Å². The van der Waals surface area contributed by atoms with Crippen molar-refractivity contribution in [3.63, 3.8) is 0 Å². The van der Waals surface area contributed by atoms with Crippen molar-refractivity contribution in [2.75, 3.05) is 25.5 Å². The van der Waals surface area contributed by atoms with Gasteiger partial charge >= 0.3 is 12.0 Å². The number of carboxylic acid groups (broad SMARTS) is 1. The number of ether oxygens (including phenoxy) is 1. The number of hydrogen-bond acceptors (Lipinski definition) is 4. The second-order valence-corrected chi connectivity index (χ2v) is 6.92. The molecule has 1 aromatic rings. The van der Waals surface area contributed by atoms with Crippen molar-refractivity contribution < 1.29 is 19.4 Å². The van der Waals surface area contributed by atoms with E-state index in [0.29, 0.717) is 17.4 Å². The molecule has 0 radical (unpaired) electrons. The topological polar surface area (TPSA) is 90.9 Å². The fraction of sp³-hybridized carbons (Fsp3) is 0.556. The molecule has 0 aliphatic heterocycles. The quantitative estimate of drug-likeness (QED) is 0.670. The zero-order valence-corrected chi connectivity index (χ0v) is 14.4.